The second-order valence-corrected chi connectivity index (χ2v) is 7.01. The third kappa shape index (κ3) is 2.86. The summed E-state index contributed by atoms with van der Waals surface area (Å²) in [6.45, 7) is 2.46. The van der Waals surface area contributed by atoms with Gasteiger partial charge in [-0.05, 0) is 31.0 Å². The van der Waals surface area contributed by atoms with E-state index in [4.69, 9.17) is 0 Å². The highest BCUT2D eigenvalue weighted by molar-refractivity contribution is 7.13. The number of carbonyl (C=O) groups is 1. The molecule has 2 aromatic carbocycles. The third-order valence-corrected chi connectivity index (χ3v) is 5.41. The molecule has 0 saturated heterocycles. The summed E-state index contributed by atoms with van der Waals surface area (Å²) >= 11 is 1.54. The lowest BCUT2D eigenvalue weighted by Gasteiger charge is -2.17. The zero-order valence-corrected chi connectivity index (χ0v) is 14.8. The third-order valence-electron chi connectivity index (χ3n) is 4.40. The number of non-ortho nitro benzene ring substituents is 1. The summed E-state index contributed by atoms with van der Waals surface area (Å²) in [6.07, 6.45) is 0.699. The Morgan fingerprint density at radius 3 is 2.85 bits per heavy atom. The summed E-state index contributed by atoms with van der Waals surface area (Å²) in [4.78, 5) is 29.7. The number of nitro benzene ring substituents is 1. The number of fused-ring (bicyclic) bond motifs is 1. The fourth-order valence-electron chi connectivity index (χ4n) is 3.12. The molecule has 6 nitrogen and oxygen atoms in total. The van der Waals surface area contributed by atoms with Gasteiger partial charge in [-0.15, -0.1) is 11.3 Å². The number of anilines is 1. The molecule has 0 unspecified atom stereocenters. The molecule has 1 aromatic heterocycles. The first kappa shape index (κ1) is 16.4. The number of hydrogen-bond donors (Lipinski definition) is 0. The van der Waals surface area contributed by atoms with Crippen molar-refractivity contribution in [3.8, 4) is 10.6 Å². The number of hydrogen-bond acceptors (Lipinski definition) is 5. The minimum absolute atomic E-state index is 0.00420. The van der Waals surface area contributed by atoms with Crippen LogP contribution in [0.3, 0.4) is 0 Å². The lowest BCUT2D eigenvalue weighted by molar-refractivity contribution is -0.384. The van der Waals surface area contributed by atoms with Gasteiger partial charge in [0.05, 0.1) is 10.6 Å². The van der Waals surface area contributed by atoms with Crippen LogP contribution in [0.4, 0.5) is 11.4 Å². The van der Waals surface area contributed by atoms with Gasteiger partial charge in [-0.2, -0.15) is 0 Å². The number of aromatic nitrogens is 1. The highest BCUT2D eigenvalue weighted by Crippen LogP contribution is 2.33. The molecule has 0 fully saturated rings. The zero-order valence-electron chi connectivity index (χ0n) is 14.0. The van der Waals surface area contributed by atoms with Crippen molar-refractivity contribution in [1.29, 1.82) is 0 Å². The van der Waals surface area contributed by atoms with E-state index in [1.54, 1.807) is 17.0 Å². The second-order valence-electron chi connectivity index (χ2n) is 6.15. The molecule has 2 heterocycles. The predicted octanol–water partition coefficient (Wildman–Crippen LogP) is 4.23. The van der Waals surface area contributed by atoms with E-state index >= 15 is 0 Å². The van der Waals surface area contributed by atoms with E-state index in [2.05, 4.69) is 4.98 Å². The molecule has 0 radical (unpaired) electrons. The molecule has 3 aromatic rings. The Bertz CT molecular complexity index is 1030. The molecule has 0 N–H and O–H groups in total. The standard InChI is InChI=1S/C19H15N3O3S/c1-12-11-26-18(20-12)14-3-2-4-15(9-14)19(23)21-8-7-13-5-6-16(22(24)25)10-17(13)21/h2-6,9-11H,7-8H2,1H3. The van der Waals surface area contributed by atoms with E-state index in [1.165, 1.54) is 23.5 Å². The summed E-state index contributed by atoms with van der Waals surface area (Å²) < 4.78 is 0. The Hall–Kier alpha value is -3.06. The van der Waals surface area contributed by atoms with E-state index in [0.29, 0.717) is 24.2 Å². The average molecular weight is 365 g/mol. The summed E-state index contributed by atoms with van der Waals surface area (Å²) in [7, 11) is 0. The number of amides is 1. The van der Waals surface area contributed by atoms with Crippen molar-refractivity contribution in [3.63, 3.8) is 0 Å². The van der Waals surface area contributed by atoms with Gasteiger partial charge in [0.15, 0.2) is 0 Å². The Morgan fingerprint density at radius 1 is 1.27 bits per heavy atom. The summed E-state index contributed by atoms with van der Waals surface area (Å²) in [5.74, 6) is -0.153. The maximum Gasteiger partial charge on any atom is 0.271 e. The maximum absolute atomic E-state index is 13.0. The molecule has 1 aliphatic heterocycles. The lowest BCUT2D eigenvalue weighted by atomic mass is 10.1. The maximum atomic E-state index is 13.0. The summed E-state index contributed by atoms with van der Waals surface area (Å²) in [5, 5.41) is 13.9. The minimum atomic E-state index is -0.438. The van der Waals surface area contributed by atoms with Gasteiger partial charge in [0.1, 0.15) is 5.01 Å². The van der Waals surface area contributed by atoms with Gasteiger partial charge in [0, 0.05) is 40.9 Å². The van der Waals surface area contributed by atoms with Crippen LogP contribution in [-0.4, -0.2) is 22.4 Å². The van der Waals surface area contributed by atoms with Crippen LogP contribution < -0.4 is 4.90 Å². The number of aryl methyl sites for hydroxylation is 1. The normalized spacial score (nSPS) is 12.9. The Balaban J connectivity index is 1.68. The molecule has 26 heavy (non-hydrogen) atoms. The highest BCUT2D eigenvalue weighted by atomic mass is 32.1. The van der Waals surface area contributed by atoms with Gasteiger partial charge in [-0.3, -0.25) is 14.9 Å². The van der Waals surface area contributed by atoms with Crippen molar-refractivity contribution >= 4 is 28.6 Å². The van der Waals surface area contributed by atoms with Crippen LogP contribution in [0.5, 0.6) is 0 Å². The van der Waals surface area contributed by atoms with Gasteiger partial charge in [0.25, 0.3) is 11.6 Å². The molecule has 0 atom stereocenters. The first-order valence-corrected chi connectivity index (χ1v) is 9.02. The molecular formula is C19H15N3O3S. The van der Waals surface area contributed by atoms with E-state index < -0.39 is 4.92 Å². The van der Waals surface area contributed by atoms with Crippen LogP contribution >= 0.6 is 11.3 Å². The zero-order chi connectivity index (χ0) is 18.3. The minimum Gasteiger partial charge on any atom is -0.308 e. The first-order valence-electron chi connectivity index (χ1n) is 8.14. The number of carbonyl (C=O) groups excluding carboxylic acids is 1. The molecule has 0 aliphatic carbocycles. The Labute approximate surface area is 153 Å². The molecular weight excluding hydrogens is 350 g/mol. The van der Waals surface area contributed by atoms with Gasteiger partial charge < -0.3 is 4.90 Å². The fraction of sp³-hybridized carbons (Fsp3) is 0.158. The van der Waals surface area contributed by atoms with Gasteiger partial charge in [-0.25, -0.2) is 4.98 Å². The van der Waals surface area contributed by atoms with Crippen LogP contribution in [0.25, 0.3) is 10.6 Å². The highest BCUT2D eigenvalue weighted by Gasteiger charge is 2.27. The number of rotatable bonds is 3. The molecule has 0 spiro atoms. The van der Waals surface area contributed by atoms with Crippen LogP contribution in [0.1, 0.15) is 21.6 Å². The number of nitrogens with zero attached hydrogens (tertiary/aromatic N) is 3. The van der Waals surface area contributed by atoms with Crippen molar-refractivity contribution in [3.05, 3.63) is 74.8 Å². The SMILES string of the molecule is Cc1csc(-c2cccc(C(=O)N3CCc4ccc([N+](=O)[O-])cc43)c2)n1. The molecule has 0 saturated carbocycles. The van der Waals surface area contributed by atoms with Crippen molar-refractivity contribution in [1.82, 2.24) is 4.98 Å². The number of thiazole rings is 1. The van der Waals surface area contributed by atoms with Crippen LogP contribution in [0.15, 0.2) is 47.8 Å². The summed E-state index contributed by atoms with van der Waals surface area (Å²) in [5.41, 5.74) is 3.97. The lowest BCUT2D eigenvalue weighted by Crippen LogP contribution is -2.28. The van der Waals surface area contributed by atoms with Crippen molar-refractivity contribution in [2.75, 3.05) is 11.4 Å². The Kier molecular flexibility index (Phi) is 4.00. The molecule has 1 aliphatic rings. The van der Waals surface area contributed by atoms with Crippen LogP contribution in [0, 0.1) is 17.0 Å². The molecule has 130 valence electrons. The van der Waals surface area contributed by atoms with Gasteiger partial charge in [0.2, 0.25) is 0 Å². The first-order chi connectivity index (χ1) is 12.5. The quantitative estimate of drug-likeness (QED) is 0.514. The number of nitro groups is 1. The van der Waals surface area contributed by atoms with E-state index in [-0.39, 0.29) is 11.6 Å². The van der Waals surface area contributed by atoms with Crippen molar-refractivity contribution in [2.24, 2.45) is 0 Å². The Morgan fingerprint density at radius 2 is 2.12 bits per heavy atom. The van der Waals surface area contributed by atoms with E-state index in [1.807, 2.05) is 30.5 Å². The fourth-order valence-corrected chi connectivity index (χ4v) is 3.91. The average Bonchev–Trinajstić information content (AvgIpc) is 3.27. The molecule has 1 amide bonds. The second kappa shape index (κ2) is 6.34. The molecule has 4 rings (SSSR count). The summed E-state index contributed by atoms with van der Waals surface area (Å²) in [6, 6.07) is 12.1. The monoisotopic (exact) mass is 365 g/mol. The van der Waals surface area contributed by atoms with E-state index in [9.17, 15) is 14.9 Å². The molecule has 0 bridgehead atoms. The van der Waals surface area contributed by atoms with Crippen molar-refractivity contribution in [2.45, 2.75) is 13.3 Å². The predicted molar refractivity (Wildman–Crippen MR) is 101 cm³/mol. The topological polar surface area (TPSA) is 76.3 Å². The smallest absolute Gasteiger partial charge is 0.271 e. The van der Waals surface area contributed by atoms with Crippen LogP contribution in [-0.2, 0) is 6.42 Å². The van der Waals surface area contributed by atoms with Crippen molar-refractivity contribution < 1.29 is 9.72 Å². The largest absolute Gasteiger partial charge is 0.308 e. The van der Waals surface area contributed by atoms with Crippen LogP contribution in [0.2, 0.25) is 0 Å². The molecule has 7 heteroatoms. The van der Waals surface area contributed by atoms with E-state index in [0.717, 1.165) is 21.8 Å². The number of benzene rings is 2. The van der Waals surface area contributed by atoms with Gasteiger partial charge >= 0.3 is 0 Å². The van der Waals surface area contributed by atoms with Gasteiger partial charge in [-0.1, -0.05) is 18.2 Å².